The molecule has 0 saturated carbocycles. The number of pyridine rings is 1. The van der Waals surface area contributed by atoms with Crippen LogP contribution in [-0.4, -0.2) is 68.4 Å². The predicted octanol–water partition coefficient (Wildman–Crippen LogP) is 1.10. The van der Waals surface area contributed by atoms with Gasteiger partial charge < -0.3 is 9.64 Å². The van der Waals surface area contributed by atoms with Crippen molar-refractivity contribution in [2.45, 2.75) is 30.4 Å². The molecule has 156 valence electrons. The van der Waals surface area contributed by atoms with Crippen LogP contribution in [0.2, 0.25) is 0 Å². The number of benzene rings is 1. The number of amides is 1. The van der Waals surface area contributed by atoms with E-state index in [0.29, 0.717) is 18.8 Å². The van der Waals surface area contributed by atoms with Crippen molar-refractivity contribution in [1.82, 2.24) is 19.5 Å². The van der Waals surface area contributed by atoms with Crippen LogP contribution in [-0.2, 0) is 21.4 Å². The molecule has 1 aliphatic rings. The standard InChI is InChI=1S/C20H26N4O4S/c1-15-20(25)23(2)14-17(24(15)13-16-6-5-9-21-11-16)12-22-29(26,27)19-8-4-7-18(10-19)28-3/h4-11,15,17,22H,12-14H2,1-3H3/t15-,17+/m0/s1. The van der Waals surface area contributed by atoms with E-state index in [1.807, 2.05) is 24.0 Å². The van der Waals surface area contributed by atoms with Crippen molar-refractivity contribution >= 4 is 15.9 Å². The number of sulfonamides is 1. The van der Waals surface area contributed by atoms with E-state index in [0.717, 1.165) is 5.56 Å². The lowest BCUT2D eigenvalue weighted by Gasteiger charge is -2.43. The Morgan fingerprint density at radius 3 is 2.76 bits per heavy atom. The molecular weight excluding hydrogens is 392 g/mol. The fraction of sp³-hybridized carbons (Fsp3) is 0.400. The number of carbonyl (C=O) groups is 1. The number of nitrogens with zero attached hydrogens (tertiary/aromatic N) is 3. The highest BCUT2D eigenvalue weighted by Crippen LogP contribution is 2.21. The SMILES string of the molecule is COc1cccc(S(=O)(=O)NC[C@@H]2CN(C)C(=O)[C@H](C)N2Cc2cccnc2)c1. The van der Waals surface area contributed by atoms with Crippen LogP contribution in [0.25, 0.3) is 0 Å². The number of hydrogen-bond acceptors (Lipinski definition) is 6. The number of likely N-dealkylation sites (N-methyl/N-ethyl adjacent to an activating group) is 1. The van der Waals surface area contributed by atoms with E-state index in [1.54, 1.807) is 36.5 Å². The first-order chi connectivity index (χ1) is 13.8. The maximum absolute atomic E-state index is 12.8. The van der Waals surface area contributed by atoms with Crippen LogP contribution >= 0.6 is 0 Å². The second kappa shape index (κ2) is 8.89. The maximum atomic E-state index is 12.8. The van der Waals surface area contributed by atoms with Crippen molar-refractivity contribution in [2.24, 2.45) is 0 Å². The number of rotatable bonds is 7. The van der Waals surface area contributed by atoms with Gasteiger partial charge in [-0.05, 0) is 30.7 Å². The number of aromatic nitrogens is 1. The summed E-state index contributed by atoms with van der Waals surface area (Å²) in [5, 5.41) is 0. The Morgan fingerprint density at radius 1 is 1.28 bits per heavy atom. The first-order valence-electron chi connectivity index (χ1n) is 9.35. The van der Waals surface area contributed by atoms with Crippen molar-refractivity contribution in [2.75, 3.05) is 27.2 Å². The summed E-state index contributed by atoms with van der Waals surface area (Å²) < 4.78 is 33.3. The number of piperazine rings is 1. The Balaban J connectivity index is 1.77. The highest BCUT2D eigenvalue weighted by atomic mass is 32.2. The van der Waals surface area contributed by atoms with Gasteiger partial charge in [-0.2, -0.15) is 0 Å². The van der Waals surface area contributed by atoms with E-state index in [1.165, 1.54) is 19.2 Å². The van der Waals surface area contributed by atoms with Gasteiger partial charge in [-0.15, -0.1) is 0 Å². The zero-order valence-electron chi connectivity index (χ0n) is 16.8. The van der Waals surface area contributed by atoms with Crippen molar-refractivity contribution in [3.63, 3.8) is 0 Å². The van der Waals surface area contributed by atoms with Gasteiger partial charge >= 0.3 is 0 Å². The zero-order chi connectivity index (χ0) is 21.0. The summed E-state index contributed by atoms with van der Waals surface area (Å²) in [5.74, 6) is 0.489. The molecule has 9 heteroatoms. The quantitative estimate of drug-likeness (QED) is 0.724. The first-order valence-corrected chi connectivity index (χ1v) is 10.8. The third-order valence-electron chi connectivity index (χ3n) is 5.13. The fourth-order valence-corrected chi connectivity index (χ4v) is 4.60. The molecule has 1 saturated heterocycles. The molecule has 29 heavy (non-hydrogen) atoms. The Labute approximate surface area is 171 Å². The van der Waals surface area contributed by atoms with Crippen LogP contribution in [0.5, 0.6) is 5.75 Å². The van der Waals surface area contributed by atoms with Gasteiger partial charge in [0.15, 0.2) is 0 Å². The Hall–Kier alpha value is -2.49. The highest BCUT2D eigenvalue weighted by molar-refractivity contribution is 7.89. The molecule has 1 aromatic heterocycles. The average Bonchev–Trinajstić information content (AvgIpc) is 2.74. The molecule has 1 fully saturated rings. The summed E-state index contributed by atoms with van der Waals surface area (Å²) in [6.07, 6.45) is 3.45. The molecule has 0 aliphatic carbocycles. The maximum Gasteiger partial charge on any atom is 0.240 e. The molecule has 8 nitrogen and oxygen atoms in total. The average molecular weight is 419 g/mol. The van der Waals surface area contributed by atoms with Gasteiger partial charge in [0.2, 0.25) is 15.9 Å². The van der Waals surface area contributed by atoms with Gasteiger partial charge in [0.25, 0.3) is 0 Å². The minimum absolute atomic E-state index is 0.0146. The summed E-state index contributed by atoms with van der Waals surface area (Å²) in [6, 6.07) is 9.59. The molecule has 0 unspecified atom stereocenters. The number of hydrogen-bond donors (Lipinski definition) is 1. The minimum Gasteiger partial charge on any atom is -0.497 e. The van der Waals surface area contributed by atoms with Crippen LogP contribution < -0.4 is 9.46 Å². The van der Waals surface area contributed by atoms with E-state index in [2.05, 4.69) is 9.71 Å². The van der Waals surface area contributed by atoms with Crippen LogP contribution in [0, 0.1) is 0 Å². The van der Waals surface area contributed by atoms with E-state index in [9.17, 15) is 13.2 Å². The lowest BCUT2D eigenvalue weighted by Crippen LogP contribution is -2.62. The van der Waals surface area contributed by atoms with Gasteiger partial charge in [0.05, 0.1) is 18.0 Å². The minimum atomic E-state index is -3.71. The number of nitrogens with one attached hydrogen (secondary N) is 1. The molecule has 0 radical (unpaired) electrons. The van der Waals surface area contributed by atoms with Gasteiger partial charge in [0, 0.05) is 51.2 Å². The molecule has 2 aromatic rings. The van der Waals surface area contributed by atoms with Gasteiger partial charge in [-0.25, -0.2) is 13.1 Å². The van der Waals surface area contributed by atoms with Crippen molar-refractivity contribution in [1.29, 1.82) is 0 Å². The summed E-state index contributed by atoms with van der Waals surface area (Å²) in [4.78, 5) is 20.4. The molecular formula is C20H26N4O4S. The van der Waals surface area contributed by atoms with Crippen LogP contribution in [0.15, 0.2) is 53.7 Å². The molecule has 2 atom stereocenters. The van der Waals surface area contributed by atoms with Crippen LogP contribution in [0.3, 0.4) is 0 Å². The molecule has 1 aliphatic heterocycles. The molecule has 1 N–H and O–H groups in total. The summed E-state index contributed by atoms with van der Waals surface area (Å²) in [7, 11) is -0.478. The van der Waals surface area contributed by atoms with E-state index < -0.39 is 10.0 Å². The van der Waals surface area contributed by atoms with E-state index >= 15 is 0 Å². The molecule has 1 amide bonds. The smallest absolute Gasteiger partial charge is 0.240 e. The van der Waals surface area contributed by atoms with Crippen LogP contribution in [0.1, 0.15) is 12.5 Å². The number of methoxy groups -OCH3 is 1. The van der Waals surface area contributed by atoms with Gasteiger partial charge in [-0.1, -0.05) is 12.1 Å². The third-order valence-corrected chi connectivity index (χ3v) is 6.55. The molecule has 0 bridgehead atoms. The van der Waals surface area contributed by atoms with Crippen LogP contribution in [0.4, 0.5) is 0 Å². The van der Waals surface area contributed by atoms with Crippen molar-refractivity contribution in [3.05, 3.63) is 54.4 Å². The Kier molecular flexibility index (Phi) is 6.51. The molecule has 3 rings (SSSR count). The lowest BCUT2D eigenvalue weighted by atomic mass is 10.1. The summed E-state index contributed by atoms with van der Waals surface area (Å²) >= 11 is 0. The number of ether oxygens (including phenoxy) is 1. The largest absolute Gasteiger partial charge is 0.497 e. The van der Waals surface area contributed by atoms with E-state index in [4.69, 9.17) is 4.74 Å². The summed E-state index contributed by atoms with van der Waals surface area (Å²) in [6.45, 7) is 2.98. The normalized spacial score (nSPS) is 20.7. The third kappa shape index (κ3) is 4.92. The Morgan fingerprint density at radius 2 is 2.07 bits per heavy atom. The second-order valence-corrected chi connectivity index (χ2v) is 8.88. The monoisotopic (exact) mass is 418 g/mol. The lowest BCUT2D eigenvalue weighted by molar-refractivity contribution is -0.142. The predicted molar refractivity (Wildman–Crippen MR) is 109 cm³/mol. The van der Waals surface area contributed by atoms with Gasteiger partial charge in [-0.3, -0.25) is 14.7 Å². The fourth-order valence-electron chi connectivity index (χ4n) is 3.50. The Bertz CT molecular complexity index is 952. The van der Waals surface area contributed by atoms with E-state index in [-0.39, 0.29) is 29.4 Å². The molecule has 2 heterocycles. The second-order valence-electron chi connectivity index (χ2n) is 7.11. The molecule has 0 spiro atoms. The number of carbonyl (C=O) groups excluding carboxylic acids is 1. The van der Waals surface area contributed by atoms with Crippen molar-refractivity contribution in [3.8, 4) is 5.75 Å². The molecule has 1 aromatic carbocycles. The first kappa shape index (κ1) is 21.2. The topological polar surface area (TPSA) is 91.8 Å². The van der Waals surface area contributed by atoms with Crippen molar-refractivity contribution < 1.29 is 17.9 Å². The zero-order valence-corrected chi connectivity index (χ0v) is 17.6. The highest BCUT2D eigenvalue weighted by Gasteiger charge is 2.37. The van der Waals surface area contributed by atoms with Gasteiger partial charge in [0.1, 0.15) is 5.75 Å². The summed E-state index contributed by atoms with van der Waals surface area (Å²) in [5.41, 5.74) is 0.970.